The van der Waals surface area contributed by atoms with Crippen LogP contribution in [0.4, 0.5) is 0 Å². The minimum Gasteiger partial charge on any atom is -0.491 e. The summed E-state index contributed by atoms with van der Waals surface area (Å²) >= 11 is 0. The maximum atomic E-state index is 6.01. The van der Waals surface area contributed by atoms with Gasteiger partial charge in [0.25, 0.3) is 0 Å². The van der Waals surface area contributed by atoms with Crippen molar-refractivity contribution in [1.82, 2.24) is 0 Å². The average Bonchev–Trinajstić information content (AvgIpc) is 2.65. The third kappa shape index (κ3) is 3.47. The first-order valence-corrected chi connectivity index (χ1v) is 6.61. The lowest BCUT2D eigenvalue weighted by atomic mass is 10.1. The summed E-state index contributed by atoms with van der Waals surface area (Å²) in [5.74, 6) is 0.917. The molecule has 0 bridgehead atoms. The van der Waals surface area contributed by atoms with Crippen molar-refractivity contribution >= 4 is 0 Å². The number of benzene rings is 1. The SMILES string of the molecule is CC(C)(C)OCCOc1ccc2c(c1)CC[C@@H]2N. The Morgan fingerprint density at radius 2 is 2.06 bits per heavy atom. The van der Waals surface area contributed by atoms with Gasteiger partial charge >= 0.3 is 0 Å². The van der Waals surface area contributed by atoms with Crippen molar-refractivity contribution in [3.8, 4) is 5.75 Å². The fraction of sp³-hybridized carbons (Fsp3) is 0.600. The van der Waals surface area contributed by atoms with E-state index in [4.69, 9.17) is 15.2 Å². The van der Waals surface area contributed by atoms with E-state index in [1.54, 1.807) is 0 Å². The average molecular weight is 249 g/mol. The summed E-state index contributed by atoms with van der Waals surface area (Å²) in [4.78, 5) is 0. The standard InChI is InChI=1S/C15H23NO2/c1-15(2,3)18-9-8-17-12-5-6-13-11(10-12)4-7-14(13)16/h5-6,10,14H,4,7-9,16H2,1-3H3/t14-/m0/s1. The minimum absolute atomic E-state index is 0.103. The van der Waals surface area contributed by atoms with Crippen LogP contribution in [0.3, 0.4) is 0 Å². The van der Waals surface area contributed by atoms with Gasteiger partial charge in [0, 0.05) is 6.04 Å². The number of aryl methyl sites for hydroxylation is 1. The molecule has 3 nitrogen and oxygen atoms in total. The number of ether oxygens (including phenoxy) is 2. The van der Waals surface area contributed by atoms with Gasteiger partial charge < -0.3 is 15.2 Å². The molecule has 100 valence electrons. The van der Waals surface area contributed by atoms with Crippen LogP contribution in [0.15, 0.2) is 18.2 Å². The van der Waals surface area contributed by atoms with Crippen LogP contribution in [-0.2, 0) is 11.2 Å². The number of rotatable bonds is 4. The Labute approximate surface area is 109 Å². The lowest BCUT2D eigenvalue weighted by Crippen LogP contribution is -2.22. The van der Waals surface area contributed by atoms with Gasteiger partial charge in [-0.05, 0) is 56.9 Å². The van der Waals surface area contributed by atoms with Gasteiger partial charge in [0.1, 0.15) is 12.4 Å². The van der Waals surface area contributed by atoms with Crippen LogP contribution in [0.5, 0.6) is 5.75 Å². The summed E-state index contributed by atoms with van der Waals surface area (Å²) in [6, 6.07) is 6.41. The maximum Gasteiger partial charge on any atom is 0.119 e. The molecule has 1 aliphatic rings. The second-order valence-electron chi connectivity index (χ2n) is 5.82. The quantitative estimate of drug-likeness (QED) is 0.834. The van der Waals surface area contributed by atoms with Gasteiger partial charge in [-0.2, -0.15) is 0 Å². The third-order valence-corrected chi connectivity index (χ3v) is 3.13. The predicted molar refractivity (Wildman–Crippen MR) is 72.9 cm³/mol. The molecule has 0 amide bonds. The third-order valence-electron chi connectivity index (χ3n) is 3.13. The molecule has 18 heavy (non-hydrogen) atoms. The highest BCUT2D eigenvalue weighted by atomic mass is 16.5. The summed E-state index contributed by atoms with van der Waals surface area (Å²) in [7, 11) is 0. The van der Waals surface area contributed by atoms with E-state index < -0.39 is 0 Å². The van der Waals surface area contributed by atoms with Crippen molar-refractivity contribution in [3.05, 3.63) is 29.3 Å². The second-order valence-corrected chi connectivity index (χ2v) is 5.82. The summed E-state index contributed by atoms with van der Waals surface area (Å²) in [5.41, 5.74) is 8.50. The molecule has 0 spiro atoms. The van der Waals surface area contributed by atoms with E-state index in [1.807, 2.05) is 26.8 Å². The second kappa shape index (κ2) is 5.29. The molecule has 0 saturated carbocycles. The van der Waals surface area contributed by atoms with E-state index in [9.17, 15) is 0 Å². The monoisotopic (exact) mass is 249 g/mol. The van der Waals surface area contributed by atoms with Crippen LogP contribution in [0.1, 0.15) is 44.4 Å². The zero-order valence-electron chi connectivity index (χ0n) is 11.5. The van der Waals surface area contributed by atoms with Gasteiger partial charge in [-0.15, -0.1) is 0 Å². The predicted octanol–water partition coefficient (Wildman–Crippen LogP) is 2.83. The molecule has 2 rings (SSSR count). The highest BCUT2D eigenvalue weighted by Gasteiger charge is 2.19. The van der Waals surface area contributed by atoms with Gasteiger partial charge in [-0.1, -0.05) is 6.07 Å². The van der Waals surface area contributed by atoms with Crippen molar-refractivity contribution in [3.63, 3.8) is 0 Å². The molecular weight excluding hydrogens is 226 g/mol. The Bertz CT molecular complexity index is 409. The van der Waals surface area contributed by atoms with Gasteiger partial charge in [-0.25, -0.2) is 0 Å². The van der Waals surface area contributed by atoms with Gasteiger partial charge in [0.15, 0.2) is 0 Å². The zero-order chi connectivity index (χ0) is 13.2. The molecule has 0 unspecified atom stereocenters. The van der Waals surface area contributed by atoms with Crippen molar-refractivity contribution < 1.29 is 9.47 Å². The largest absolute Gasteiger partial charge is 0.491 e. The van der Waals surface area contributed by atoms with Gasteiger partial charge in [-0.3, -0.25) is 0 Å². The fourth-order valence-corrected chi connectivity index (χ4v) is 2.22. The van der Waals surface area contributed by atoms with E-state index in [-0.39, 0.29) is 11.6 Å². The van der Waals surface area contributed by atoms with Crippen LogP contribution in [0, 0.1) is 0 Å². The molecule has 1 aliphatic carbocycles. The number of hydrogen-bond donors (Lipinski definition) is 1. The molecule has 1 aromatic carbocycles. The molecule has 0 aliphatic heterocycles. The lowest BCUT2D eigenvalue weighted by molar-refractivity contribution is -0.0163. The highest BCUT2D eigenvalue weighted by Crippen LogP contribution is 2.31. The van der Waals surface area contributed by atoms with E-state index in [1.165, 1.54) is 11.1 Å². The molecule has 3 heteroatoms. The first kappa shape index (κ1) is 13.4. The van der Waals surface area contributed by atoms with Crippen LogP contribution in [-0.4, -0.2) is 18.8 Å². The number of nitrogens with two attached hydrogens (primary N) is 1. The summed E-state index contributed by atoms with van der Waals surface area (Å²) < 4.78 is 11.3. The molecule has 0 saturated heterocycles. The van der Waals surface area contributed by atoms with Gasteiger partial charge in [0.2, 0.25) is 0 Å². The highest BCUT2D eigenvalue weighted by molar-refractivity contribution is 5.40. The number of fused-ring (bicyclic) bond motifs is 1. The molecule has 0 heterocycles. The Hall–Kier alpha value is -1.06. The van der Waals surface area contributed by atoms with E-state index >= 15 is 0 Å². The zero-order valence-corrected chi connectivity index (χ0v) is 11.5. The van der Waals surface area contributed by atoms with Crippen LogP contribution < -0.4 is 10.5 Å². The fourth-order valence-electron chi connectivity index (χ4n) is 2.22. The van der Waals surface area contributed by atoms with E-state index in [0.717, 1.165) is 18.6 Å². The number of hydrogen-bond acceptors (Lipinski definition) is 3. The van der Waals surface area contributed by atoms with Crippen LogP contribution >= 0.6 is 0 Å². The van der Waals surface area contributed by atoms with Crippen molar-refractivity contribution in [2.75, 3.05) is 13.2 Å². The van der Waals surface area contributed by atoms with E-state index in [2.05, 4.69) is 12.1 Å². The molecule has 1 aromatic rings. The Kier molecular flexibility index (Phi) is 3.93. The Morgan fingerprint density at radius 3 is 2.78 bits per heavy atom. The minimum atomic E-state index is -0.103. The van der Waals surface area contributed by atoms with Crippen LogP contribution in [0.25, 0.3) is 0 Å². The molecule has 0 aromatic heterocycles. The molecule has 1 atom stereocenters. The van der Waals surface area contributed by atoms with Crippen molar-refractivity contribution in [2.24, 2.45) is 5.73 Å². The molecule has 2 N–H and O–H groups in total. The van der Waals surface area contributed by atoms with Crippen LogP contribution in [0.2, 0.25) is 0 Å². The molecular formula is C15H23NO2. The Balaban J connectivity index is 1.84. The summed E-state index contributed by atoms with van der Waals surface area (Å²) in [5, 5.41) is 0. The summed E-state index contributed by atoms with van der Waals surface area (Å²) in [6.07, 6.45) is 2.11. The van der Waals surface area contributed by atoms with Crippen molar-refractivity contribution in [2.45, 2.75) is 45.3 Å². The Morgan fingerprint density at radius 1 is 1.28 bits per heavy atom. The molecule has 0 fully saturated rings. The van der Waals surface area contributed by atoms with E-state index in [0.29, 0.717) is 13.2 Å². The van der Waals surface area contributed by atoms with Crippen molar-refractivity contribution in [1.29, 1.82) is 0 Å². The van der Waals surface area contributed by atoms with Gasteiger partial charge in [0.05, 0.1) is 12.2 Å². The smallest absolute Gasteiger partial charge is 0.119 e. The first-order valence-electron chi connectivity index (χ1n) is 6.61. The summed E-state index contributed by atoms with van der Waals surface area (Å²) in [6.45, 7) is 7.33. The lowest BCUT2D eigenvalue weighted by Gasteiger charge is -2.19. The first-order chi connectivity index (χ1) is 8.46. The maximum absolute atomic E-state index is 6.01. The normalized spacial score (nSPS) is 18.8. The topological polar surface area (TPSA) is 44.5 Å². The molecule has 0 radical (unpaired) electrons.